The Morgan fingerprint density at radius 3 is 2.58 bits per heavy atom. The number of para-hydroxylation sites is 1. The van der Waals surface area contributed by atoms with Crippen LogP contribution in [0.15, 0.2) is 36.5 Å². The van der Waals surface area contributed by atoms with Gasteiger partial charge in [-0.25, -0.2) is 4.68 Å². The average molecular weight is 258 g/mol. The van der Waals surface area contributed by atoms with E-state index >= 15 is 0 Å². The second-order valence-electron chi connectivity index (χ2n) is 5.20. The molecule has 4 heteroatoms. The van der Waals surface area contributed by atoms with Crippen molar-refractivity contribution in [3.8, 4) is 5.69 Å². The Labute approximate surface area is 114 Å². The summed E-state index contributed by atoms with van der Waals surface area (Å²) < 4.78 is 1.93. The van der Waals surface area contributed by atoms with Gasteiger partial charge in [-0.05, 0) is 25.1 Å². The van der Waals surface area contributed by atoms with Gasteiger partial charge in [-0.15, -0.1) is 5.10 Å². The highest BCUT2D eigenvalue weighted by atomic mass is 15.4. The smallest absolute Gasteiger partial charge is 0.0732 e. The minimum absolute atomic E-state index is 0.432. The minimum atomic E-state index is 0.432. The van der Waals surface area contributed by atoms with Crippen LogP contribution in [0.2, 0.25) is 0 Å². The number of nitrogens with one attached hydrogen (secondary N) is 1. The molecule has 1 aromatic carbocycles. The Morgan fingerprint density at radius 2 is 1.89 bits per heavy atom. The molecule has 0 saturated heterocycles. The molecule has 1 N–H and O–H groups in total. The molecule has 0 amide bonds. The SMILES string of the molecule is CC(C)NCCC(C)c1cnnn1-c1ccccc1. The summed E-state index contributed by atoms with van der Waals surface area (Å²) in [5.41, 5.74) is 2.23. The molecule has 0 bridgehead atoms. The highest BCUT2D eigenvalue weighted by molar-refractivity contribution is 5.32. The predicted octanol–water partition coefficient (Wildman–Crippen LogP) is 2.76. The van der Waals surface area contributed by atoms with E-state index in [-0.39, 0.29) is 0 Å². The molecule has 0 spiro atoms. The van der Waals surface area contributed by atoms with Crippen molar-refractivity contribution in [2.24, 2.45) is 0 Å². The standard InChI is InChI=1S/C15H22N4/c1-12(2)16-10-9-13(3)15-11-17-18-19(15)14-7-5-4-6-8-14/h4-8,11-13,16H,9-10H2,1-3H3. The van der Waals surface area contributed by atoms with E-state index in [1.807, 2.05) is 29.1 Å². The molecule has 0 fully saturated rings. The molecule has 102 valence electrons. The van der Waals surface area contributed by atoms with E-state index in [1.54, 1.807) is 0 Å². The van der Waals surface area contributed by atoms with Crippen LogP contribution in [0, 0.1) is 0 Å². The van der Waals surface area contributed by atoms with Crippen LogP contribution in [0.25, 0.3) is 5.69 Å². The molecule has 2 rings (SSSR count). The van der Waals surface area contributed by atoms with Crippen LogP contribution in [0.5, 0.6) is 0 Å². The minimum Gasteiger partial charge on any atom is -0.315 e. The zero-order valence-electron chi connectivity index (χ0n) is 11.9. The van der Waals surface area contributed by atoms with Crippen LogP contribution in [-0.2, 0) is 0 Å². The van der Waals surface area contributed by atoms with Crippen molar-refractivity contribution >= 4 is 0 Å². The Bertz CT molecular complexity index is 490. The van der Waals surface area contributed by atoms with Crippen molar-refractivity contribution in [2.45, 2.75) is 39.2 Å². The monoisotopic (exact) mass is 258 g/mol. The summed E-state index contributed by atoms with van der Waals surface area (Å²) in [6, 6.07) is 10.7. The van der Waals surface area contributed by atoms with E-state index < -0.39 is 0 Å². The van der Waals surface area contributed by atoms with Crippen molar-refractivity contribution in [1.29, 1.82) is 0 Å². The Hall–Kier alpha value is -1.68. The van der Waals surface area contributed by atoms with Gasteiger partial charge < -0.3 is 5.32 Å². The Kier molecular flexibility index (Phi) is 4.68. The third kappa shape index (κ3) is 3.64. The molecule has 0 aliphatic heterocycles. The normalized spacial score (nSPS) is 12.8. The van der Waals surface area contributed by atoms with Gasteiger partial charge in [0.1, 0.15) is 0 Å². The van der Waals surface area contributed by atoms with E-state index in [0.717, 1.165) is 24.3 Å². The maximum atomic E-state index is 4.20. The summed E-state index contributed by atoms with van der Waals surface area (Å²) in [5, 5.41) is 11.7. The molecule has 1 atom stereocenters. The van der Waals surface area contributed by atoms with Crippen molar-refractivity contribution in [1.82, 2.24) is 20.3 Å². The lowest BCUT2D eigenvalue weighted by atomic mass is 10.0. The third-order valence-electron chi connectivity index (χ3n) is 3.21. The lowest BCUT2D eigenvalue weighted by molar-refractivity contribution is 0.530. The first-order valence-corrected chi connectivity index (χ1v) is 6.88. The largest absolute Gasteiger partial charge is 0.315 e. The number of hydrogen-bond donors (Lipinski definition) is 1. The summed E-state index contributed by atoms with van der Waals surface area (Å²) in [4.78, 5) is 0. The molecule has 0 aliphatic rings. The third-order valence-corrected chi connectivity index (χ3v) is 3.21. The Morgan fingerprint density at radius 1 is 1.16 bits per heavy atom. The van der Waals surface area contributed by atoms with E-state index in [4.69, 9.17) is 0 Å². The topological polar surface area (TPSA) is 42.7 Å². The van der Waals surface area contributed by atoms with Gasteiger partial charge in [0.2, 0.25) is 0 Å². The molecule has 0 aliphatic carbocycles. The number of benzene rings is 1. The van der Waals surface area contributed by atoms with Crippen molar-refractivity contribution in [3.63, 3.8) is 0 Å². The molecule has 2 aromatic rings. The highest BCUT2D eigenvalue weighted by Crippen LogP contribution is 2.20. The Balaban J connectivity index is 2.07. The second-order valence-corrected chi connectivity index (χ2v) is 5.20. The molecule has 1 unspecified atom stereocenters. The number of hydrogen-bond acceptors (Lipinski definition) is 3. The first-order chi connectivity index (χ1) is 9.18. The fourth-order valence-electron chi connectivity index (χ4n) is 2.09. The van der Waals surface area contributed by atoms with Crippen LogP contribution in [-0.4, -0.2) is 27.6 Å². The molecule has 1 aromatic heterocycles. The second kappa shape index (κ2) is 6.48. The maximum absolute atomic E-state index is 4.20. The summed E-state index contributed by atoms with van der Waals surface area (Å²) >= 11 is 0. The van der Waals surface area contributed by atoms with Crippen molar-refractivity contribution in [2.75, 3.05) is 6.54 Å². The van der Waals surface area contributed by atoms with Gasteiger partial charge in [0.05, 0.1) is 17.6 Å². The van der Waals surface area contributed by atoms with Gasteiger partial charge in [0, 0.05) is 12.0 Å². The zero-order chi connectivity index (χ0) is 13.7. The van der Waals surface area contributed by atoms with Gasteiger partial charge in [0.25, 0.3) is 0 Å². The van der Waals surface area contributed by atoms with Crippen LogP contribution >= 0.6 is 0 Å². The molecule has 0 radical (unpaired) electrons. The lowest BCUT2D eigenvalue weighted by Gasteiger charge is -2.14. The van der Waals surface area contributed by atoms with Gasteiger partial charge in [-0.2, -0.15) is 0 Å². The van der Waals surface area contributed by atoms with Crippen LogP contribution in [0.1, 0.15) is 38.8 Å². The molecule has 19 heavy (non-hydrogen) atoms. The molecular weight excluding hydrogens is 236 g/mol. The zero-order valence-corrected chi connectivity index (χ0v) is 11.9. The van der Waals surface area contributed by atoms with Gasteiger partial charge >= 0.3 is 0 Å². The lowest BCUT2D eigenvalue weighted by Crippen LogP contribution is -2.24. The first kappa shape index (κ1) is 13.7. The van der Waals surface area contributed by atoms with Crippen molar-refractivity contribution < 1.29 is 0 Å². The fourth-order valence-corrected chi connectivity index (χ4v) is 2.09. The van der Waals surface area contributed by atoms with Crippen LogP contribution in [0.3, 0.4) is 0 Å². The number of nitrogens with zero attached hydrogens (tertiary/aromatic N) is 3. The predicted molar refractivity (Wildman–Crippen MR) is 77.5 cm³/mol. The van der Waals surface area contributed by atoms with E-state index in [9.17, 15) is 0 Å². The molecular formula is C15H22N4. The van der Waals surface area contributed by atoms with E-state index in [2.05, 4.69) is 48.5 Å². The average Bonchev–Trinajstić information content (AvgIpc) is 2.88. The number of aromatic nitrogens is 3. The van der Waals surface area contributed by atoms with E-state index in [0.29, 0.717) is 12.0 Å². The van der Waals surface area contributed by atoms with Crippen molar-refractivity contribution in [3.05, 3.63) is 42.2 Å². The van der Waals surface area contributed by atoms with Gasteiger partial charge in [-0.3, -0.25) is 0 Å². The highest BCUT2D eigenvalue weighted by Gasteiger charge is 2.13. The summed E-state index contributed by atoms with van der Waals surface area (Å²) in [6.45, 7) is 7.57. The number of rotatable bonds is 6. The molecule has 1 heterocycles. The molecule has 0 saturated carbocycles. The summed E-state index contributed by atoms with van der Waals surface area (Å²) in [6.07, 6.45) is 2.95. The first-order valence-electron chi connectivity index (χ1n) is 6.88. The summed E-state index contributed by atoms with van der Waals surface area (Å²) in [7, 11) is 0. The molecule has 4 nitrogen and oxygen atoms in total. The fraction of sp³-hybridized carbons (Fsp3) is 0.467. The van der Waals surface area contributed by atoms with E-state index in [1.165, 1.54) is 0 Å². The quantitative estimate of drug-likeness (QED) is 0.866. The van der Waals surface area contributed by atoms with Gasteiger partial charge in [0.15, 0.2) is 0 Å². The van der Waals surface area contributed by atoms with Crippen LogP contribution in [0.4, 0.5) is 0 Å². The van der Waals surface area contributed by atoms with Gasteiger partial charge in [-0.1, -0.05) is 44.2 Å². The maximum Gasteiger partial charge on any atom is 0.0732 e. The summed E-state index contributed by atoms with van der Waals surface area (Å²) in [5.74, 6) is 0.432. The van der Waals surface area contributed by atoms with Crippen LogP contribution < -0.4 is 5.32 Å².